The van der Waals surface area contributed by atoms with Crippen molar-refractivity contribution in [2.45, 2.75) is 51.5 Å². The molecule has 0 atom stereocenters. The maximum Gasteiger partial charge on any atom is 0.252 e. The minimum absolute atomic E-state index is 0.00916. The Bertz CT molecular complexity index is 924. The standard InChI is InChI=1S/C24H27NO4/c1-16-12-17(2)14-19(13-16)22(26)24(8-4-3-5-9-24)25-23(27)18-6-7-20-21(15-18)29-11-10-28-20/h6-7,12-15H,3-5,8-11H2,1-2H3,(H,25,27). The summed E-state index contributed by atoms with van der Waals surface area (Å²) in [7, 11) is 0. The average molecular weight is 393 g/mol. The van der Waals surface area contributed by atoms with Crippen molar-refractivity contribution in [1.82, 2.24) is 5.32 Å². The Hall–Kier alpha value is -2.82. The minimum Gasteiger partial charge on any atom is -0.486 e. The SMILES string of the molecule is Cc1cc(C)cc(C(=O)C2(NC(=O)c3ccc4c(c3)OCCO4)CCCCC2)c1. The lowest BCUT2D eigenvalue weighted by Gasteiger charge is -2.37. The number of benzene rings is 2. The molecular weight excluding hydrogens is 366 g/mol. The Labute approximate surface area is 171 Å². The van der Waals surface area contributed by atoms with Crippen LogP contribution in [0.15, 0.2) is 36.4 Å². The van der Waals surface area contributed by atoms with Crippen molar-refractivity contribution < 1.29 is 19.1 Å². The highest BCUT2D eigenvalue weighted by atomic mass is 16.6. The fourth-order valence-corrected chi connectivity index (χ4v) is 4.42. The van der Waals surface area contributed by atoms with Gasteiger partial charge in [-0.15, -0.1) is 0 Å². The Kier molecular flexibility index (Phi) is 5.31. The van der Waals surface area contributed by atoms with E-state index < -0.39 is 5.54 Å². The van der Waals surface area contributed by atoms with Gasteiger partial charge in [-0.2, -0.15) is 0 Å². The molecule has 5 heteroatoms. The first-order valence-electron chi connectivity index (χ1n) is 10.3. The van der Waals surface area contributed by atoms with Gasteiger partial charge in [0.15, 0.2) is 17.3 Å². The number of aryl methyl sites for hydroxylation is 2. The number of amides is 1. The second-order valence-corrected chi connectivity index (χ2v) is 8.16. The summed E-state index contributed by atoms with van der Waals surface area (Å²) in [6, 6.07) is 11.1. The Morgan fingerprint density at radius 2 is 1.48 bits per heavy atom. The summed E-state index contributed by atoms with van der Waals surface area (Å²) in [6.07, 6.45) is 4.27. The summed E-state index contributed by atoms with van der Waals surface area (Å²) < 4.78 is 11.1. The molecule has 0 spiro atoms. The van der Waals surface area contributed by atoms with E-state index in [1.807, 2.05) is 26.0 Å². The van der Waals surface area contributed by atoms with E-state index >= 15 is 0 Å². The highest BCUT2D eigenvalue weighted by Gasteiger charge is 2.41. The zero-order valence-corrected chi connectivity index (χ0v) is 17.0. The molecular formula is C24H27NO4. The number of carbonyl (C=O) groups excluding carboxylic acids is 2. The number of Topliss-reactive ketones (excluding diaryl/α,β-unsaturated/α-hetero) is 1. The van der Waals surface area contributed by atoms with Crippen molar-refractivity contribution in [3.05, 3.63) is 58.7 Å². The highest BCUT2D eigenvalue weighted by molar-refractivity contribution is 6.07. The van der Waals surface area contributed by atoms with Gasteiger partial charge in [0.2, 0.25) is 0 Å². The summed E-state index contributed by atoms with van der Waals surface area (Å²) in [5, 5.41) is 3.11. The zero-order chi connectivity index (χ0) is 20.4. The van der Waals surface area contributed by atoms with Crippen LogP contribution in [-0.4, -0.2) is 30.4 Å². The van der Waals surface area contributed by atoms with Gasteiger partial charge in [0, 0.05) is 11.1 Å². The molecule has 1 fully saturated rings. The number of ether oxygens (including phenoxy) is 2. The first-order chi connectivity index (χ1) is 14.0. The zero-order valence-electron chi connectivity index (χ0n) is 17.0. The summed E-state index contributed by atoms with van der Waals surface area (Å²) in [5.41, 5.74) is 2.40. The van der Waals surface area contributed by atoms with E-state index in [0.717, 1.165) is 30.4 Å². The van der Waals surface area contributed by atoms with E-state index in [0.29, 0.717) is 48.7 Å². The van der Waals surface area contributed by atoms with Gasteiger partial charge >= 0.3 is 0 Å². The molecule has 1 saturated carbocycles. The number of nitrogens with one attached hydrogen (secondary N) is 1. The van der Waals surface area contributed by atoms with E-state index in [1.165, 1.54) is 0 Å². The fourth-order valence-electron chi connectivity index (χ4n) is 4.42. The van der Waals surface area contributed by atoms with Gasteiger partial charge < -0.3 is 14.8 Å². The topological polar surface area (TPSA) is 64.6 Å². The normalized spacial score (nSPS) is 17.4. The molecule has 5 nitrogen and oxygen atoms in total. The van der Waals surface area contributed by atoms with Crippen molar-refractivity contribution in [3.8, 4) is 11.5 Å². The third kappa shape index (κ3) is 4.00. The number of hydrogen-bond donors (Lipinski definition) is 1. The molecule has 2 aliphatic rings. The van der Waals surface area contributed by atoms with Crippen molar-refractivity contribution in [1.29, 1.82) is 0 Å². The van der Waals surface area contributed by atoms with Crippen molar-refractivity contribution in [2.75, 3.05) is 13.2 Å². The summed E-state index contributed by atoms with van der Waals surface area (Å²) in [6.45, 7) is 4.95. The molecule has 0 radical (unpaired) electrons. The van der Waals surface area contributed by atoms with Gasteiger partial charge in [-0.1, -0.05) is 36.5 Å². The minimum atomic E-state index is -0.858. The van der Waals surface area contributed by atoms with Crippen LogP contribution in [0.3, 0.4) is 0 Å². The number of ketones is 1. The molecule has 1 aliphatic heterocycles. The van der Waals surface area contributed by atoms with Crippen LogP contribution in [0, 0.1) is 13.8 Å². The Morgan fingerprint density at radius 3 is 2.17 bits per heavy atom. The molecule has 2 aromatic rings. The second kappa shape index (κ2) is 7.90. The van der Waals surface area contributed by atoms with E-state index in [-0.39, 0.29) is 11.7 Å². The summed E-state index contributed by atoms with van der Waals surface area (Å²) in [5.74, 6) is 0.977. The number of carbonyl (C=O) groups is 2. The third-order valence-electron chi connectivity index (χ3n) is 5.78. The maximum absolute atomic E-state index is 13.6. The van der Waals surface area contributed by atoms with Crippen LogP contribution in [0.4, 0.5) is 0 Å². The molecule has 0 bridgehead atoms. The lowest BCUT2D eigenvalue weighted by molar-refractivity contribution is 0.0713. The maximum atomic E-state index is 13.6. The molecule has 1 heterocycles. The van der Waals surface area contributed by atoms with Gasteiger partial charge in [-0.05, 0) is 57.0 Å². The first-order valence-corrected chi connectivity index (χ1v) is 10.3. The van der Waals surface area contributed by atoms with Crippen LogP contribution >= 0.6 is 0 Å². The van der Waals surface area contributed by atoms with Crippen LogP contribution in [0.2, 0.25) is 0 Å². The number of hydrogen-bond acceptors (Lipinski definition) is 4. The molecule has 0 saturated heterocycles. The molecule has 152 valence electrons. The molecule has 29 heavy (non-hydrogen) atoms. The van der Waals surface area contributed by atoms with Crippen molar-refractivity contribution in [2.24, 2.45) is 0 Å². The first kappa shape index (κ1) is 19.5. The van der Waals surface area contributed by atoms with Crippen molar-refractivity contribution in [3.63, 3.8) is 0 Å². The quantitative estimate of drug-likeness (QED) is 0.783. The van der Waals surface area contributed by atoms with Gasteiger partial charge in [0.05, 0.1) is 0 Å². The van der Waals surface area contributed by atoms with Crippen LogP contribution < -0.4 is 14.8 Å². The number of fused-ring (bicyclic) bond motifs is 1. The van der Waals surface area contributed by atoms with Crippen LogP contribution in [0.5, 0.6) is 11.5 Å². The van der Waals surface area contributed by atoms with E-state index in [1.54, 1.807) is 18.2 Å². The van der Waals surface area contributed by atoms with Crippen LogP contribution in [0.1, 0.15) is 63.9 Å². The average Bonchev–Trinajstić information content (AvgIpc) is 2.72. The molecule has 1 aliphatic carbocycles. The summed E-state index contributed by atoms with van der Waals surface area (Å²) in [4.78, 5) is 26.7. The smallest absolute Gasteiger partial charge is 0.252 e. The Balaban J connectivity index is 1.63. The van der Waals surface area contributed by atoms with Gasteiger partial charge in [-0.25, -0.2) is 0 Å². The lowest BCUT2D eigenvalue weighted by Crippen LogP contribution is -2.55. The predicted octanol–water partition coefficient (Wildman–Crippen LogP) is 4.39. The second-order valence-electron chi connectivity index (χ2n) is 8.16. The molecule has 1 N–H and O–H groups in total. The summed E-state index contributed by atoms with van der Waals surface area (Å²) >= 11 is 0. The predicted molar refractivity (Wildman–Crippen MR) is 111 cm³/mol. The van der Waals surface area contributed by atoms with E-state index in [4.69, 9.17) is 9.47 Å². The lowest BCUT2D eigenvalue weighted by atomic mass is 9.76. The fraction of sp³-hybridized carbons (Fsp3) is 0.417. The molecule has 0 unspecified atom stereocenters. The largest absolute Gasteiger partial charge is 0.486 e. The van der Waals surface area contributed by atoms with Crippen LogP contribution in [-0.2, 0) is 0 Å². The molecule has 2 aromatic carbocycles. The highest BCUT2D eigenvalue weighted by Crippen LogP contribution is 2.34. The number of rotatable bonds is 4. The van der Waals surface area contributed by atoms with Gasteiger partial charge in [0.25, 0.3) is 5.91 Å². The third-order valence-corrected chi connectivity index (χ3v) is 5.78. The molecule has 4 rings (SSSR count). The van der Waals surface area contributed by atoms with Crippen LogP contribution in [0.25, 0.3) is 0 Å². The van der Waals surface area contributed by atoms with E-state index in [2.05, 4.69) is 11.4 Å². The van der Waals surface area contributed by atoms with Crippen molar-refractivity contribution >= 4 is 11.7 Å². The van der Waals surface area contributed by atoms with Gasteiger partial charge in [0.1, 0.15) is 18.8 Å². The monoisotopic (exact) mass is 393 g/mol. The molecule has 0 aromatic heterocycles. The Morgan fingerprint density at radius 1 is 0.828 bits per heavy atom. The molecule has 1 amide bonds. The van der Waals surface area contributed by atoms with Gasteiger partial charge in [-0.3, -0.25) is 9.59 Å². The van der Waals surface area contributed by atoms with E-state index in [9.17, 15) is 9.59 Å².